The highest BCUT2D eigenvalue weighted by Crippen LogP contribution is 2.31. The number of phenols is 1. The van der Waals surface area contributed by atoms with Crippen molar-refractivity contribution in [2.45, 2.75) is 0 Å². The first-order valence-corrected chi connectivity index (χ1v) is 7.64. The standard InChI is InChI=1S/C21H14O3/c22-19-10-4-3-9-17(19)21(23)24-20-11-5-8-16-12-14-6-1-2-7-15(14)13-18(16)20/h1-13,22H. The van der Waals surface area contributed by atoms with Crippen molar-refractivity contribution in [3.05, 3.63) is 84.4 Å². The summed E-state index contributed by atoms with van der Waals surface area (Å²) in [4.78, 5) is 12.4. The number of carbonyl (C=O) groups is 1. The lowest BCUT2D eigenvalue weighted by atomic mass is 10.0. The van der Waals surface area contributed by atoms with Gasteiger partial charge in [0.1, 0.15) is 17.1 Å². The smallest absolute Gasteiger partial charge is 0.347 e. The van der Waals surface area contributed by atoms with E-state index in [0.29, 0.717) is 5.75 Å². The summed E-state index contributed by atoms with van der Waals surface area (Å²) in [5, 5.41) is 13.9. The summed E-state index contributed by atoms with van der Waals surface area (Å²) in [6.45, 7) is 0. The van der Waals surface area contributed by atoms with Crippen LogP contribution in [0.15, 0.2) is 78.9 Å². The molecule has 0 fully saturated rings. The van der Waals surface area contributed by atoms with Crippen LogP contribution in [-0.2, 0) is 0 Å². The Labute approximate surface area is 138 Å². The minimum Gasteiger partial charge on any atom is -0.507 e. The van der Waals surface area contributed by atoms with Gasteiger partial charge >= 0.3 is 5.97 Å². The molecule has 3 nitrogen and oxygen atoms in total. The molecule has 0 bridgehead atoms. The average molecular weight is 314 g/mol. The summed E-state index contributed by atoms with van der Waals surface area (Å²) in [5.41, 5.74) is 0.148. The lowest BCUT2D eigenvalue weighted by Crippen LogP contribution is -2.08. The molecule has 4 aromatic rings. The largest absolute Gasteiger partial charge is 0.507 e. The Morgan fingerprint density at radius 2 is 1.42 bits per heavy atom. The van der Waals surface area contributed by atoms with Crippen molar-refractivity contribution in [3.63, 3.8) is 0 Å². The van der Waals surface area contributed by atoms with Crippen LogP contribution in [0.5, 0.6) is 11.5 Å². The molecule has 0 spiro atoms. The number of carbonyl (C=O) groups excluding carboxylic acids is 1. The van der Waals surface area contributed by atoms with Gasteiger partial charge in [-0.25, -0.2) is 4.79 Å². The number of para-hydroxylation sites is 1. The van der Waals surface area contributed by atoms with Crippen LogP contribution >= 0.6 is 0 Å². The molecule has 0 aliphatic rings. The van der Waals surface area contributed by atoms with Gasteiger partial charge in [0.15, 0.2) is 0 Å². The van der Waals surface area contributed by atoms with Crippen molar-refractivity contribution in [3.8, 4) is 11.5 Å². The number of ether oxygens (including phenoxy) is 1. The van der Waals surface area contributed by atoms with Gasteiger partial charge in [0.2, 0.25) is 0 Å². The van der Waals surface area contributed by atoms with E-state index in [2.05, 4.69) is 12.1 Å². The number of hydrogen-bond acceptors (Lipinski definition) is 3. The van der Waals surface area contributed by atoms with Crippen LogP contribution in [0.1, 0.15) is 10.4 Å². The Balaban J connectivity index is 1.80. The van der Waals surface area contributed by atoms with Crippen molar-refractivity contribution in [1.82, 2.24) is 0 Å². The van der Waals surface area contributed by atoms with Crippen molar-refractivity contribution < 1.29 is 14.6 Å². The third kappa shape index (κ3) is 2.46. The second-order valence-electron chi connectivity index (χ2n) is 5.58. The number of rotatable bonds is 2. The first kappa shape index (κ1) is 14.3. The molecule has 0 radical (unpaired) electrons. The van der Waals surface area contributed by atoms with E-state index in [4.69, 9.17) is 4.74 Å². The van der Waals surface area contributed by atoms with Gasteiger partial charge in [-0.15, -0.1) is 0 Å². The van der Waals surface area contributed by atoms with Gasteiger partial charge in [-0.05, 0) is 46.5 Å². The monoisotopic (exact) mass is 314 g/mol. The van der Waals surface area contributed by atoms with Crippen LogP contribution in [-0.4, -0.2) is 11.1 Å². The van der Waals surface area contributed by atoms with E-state index in [0.717, 1.165) is 21.5 Å². The third-order valence-corrected chi connectivity index (χ3v) is 4.03. The quantitative estimate of drug-likeness (QED) is 0.324. The normalized spacial score (nSPS) is 10.8. The van der Waals surface area contributed by atoms with Crippen LogP contribution in [0.2, 0.25) is 0 Å². The van der Waals surface area contributed by atoms with Crippen molar-refractivity contribution >= 4 is 27.5 Å². The fourth-order valence-corrected chi connectivity index (χ4v) is 2.83. The van der Waals surface area contributed by atoms with Crippen molar-refractivity contribution in [2.24, 2.45) is 0 Å². The molecule has 4 aromatic carbocycles. The highest BCUT2D eigenvalue weighted by molar-refractivity contribution is 6.02. The SMILES string of the molecule is O=C(Oc1cccc2cc3ccccc3cc12)c1ccccc1O. The van der Waals surface area contributed by atoms with E-state index < -0.39 is 5.97 Å². The topological polar surface area (TPSA) is 46.5 Å². The number of aromatic hydroxyl groups is 1. The molecule has 116 valence electrons. The van der Waals surface area contributed by atoms with E-state index in [1.165, 1.54) is 12.1 Å². The highest BCUT2D eigenvalue weighted by atomic mass is 16.5. The van der Waals surface area contributed by atoms with Crippen LogP contribution < -0.4 is 4.74 Å². The molecule has 0 aromatic heterocycles. The molecule has 0 atom stereocenters. The van der Waals surface area contributed by atoms with E-state index in [1.54, 1.807) is 18.2 Å². The maximum Gasteiger partial charge on any atom is 0.347 e. The van der Waals surface area contributed by atoms with E-state index in [9.17, 15) is 9.90 Å². The molecule has 0 heterocycles. The zero-order valence-corrected chi connectivity index (χ0v) is 12.8. The molecule has 4 rings (SSSR count). The van der Waals surface area contributed by atoms with Gasteiger partial charge in [-0.3, -0.25) is 0 Å². The van der Waals surface area contributed by atoms with Gasteiger partial charge in [-0.2, -0.15) is 0 Å². The summed E-state index contributed by atoms with van der Waals surface area (Å²) in [5.74, 6) is -0.187. The van der Waals surface area contributed by atoms with Crippen molar-refractivity contribution in [2.75, 3.05) is 0 Å². The highest BCUT2D eigenvalue weighted by Gasteiger charge is 2.14. The summed E-state index contributed by atoms with van der Waals surface area (Å²) < 4.78 is 5.54. The summed E-state index contributed by atoms with van der Waals surface area (Å²) >= 11 is 0. The minimum absolute atomic E-state index is 0.0896. The van der Waals surface area contributed by atoms with Crippen molar-refractivity contribution in [1.29, 1.82) is 0 Å². The summed E-state index contributed by atoms with van der Waals surface area (Å²) in [6, 6.07) is 24.1. The van der Waals surface area contributed by atoms with E-state index >= 15 is 0 Å². The fraction of sp³-hybridized carbons (Fsp3) is 0. The molecule has 0 aliphatic heterocycles. The molecular formula is C21H14O3. The molecule has 0 aliphatic carbocycles. The first-order chi connectivity index (χ1) is 11.7. The molecule has 0 amide bonds. The maximum absolute atomic E-state index is 12.4. The summed E-state index contributed by atoms with van der Waals surface area (Å²) in [7, 11) is 0. The van der Waals surface area contributed by atoms with Crippen LogP contribution in [0.4, 0.5) is 0 Å². The number of benzene rings is 4. The number of hydrogen-bond donors (Lipinski definition) is 1. The number of phenolic OH excluding ortho intramolecular Hbond substituents is 1. The lowest BCUT2D eigenvalue weighted by molar-refractivity contribution is 0.0734. The predicted molar refractivity (Wildman–Crippen MR) is 94.5 cm³/mol. The average Bonchev–Trinajstić information content (AvgIpc) is 2.61. The molecule has 0 saturated carbocycles. The lowest BCUT2D eigenvalue weighted by Gasteiger charge is -2.10. The summed E-state index contributed by atoms with van der Waals surface area (Å²) in [6.07, 6.45) is 0. The Morgan fingerprint density at radius 1 is 0.750 bits per heavy atom. The zero-order chi connectivity index (χ0) is 16.5. The molecule has 3 heteroatoms. The Hall–Kier alpha value is -3.33. The second-order valence-corrected chi connectivity index (χ2v) is 5.58. The van der Waals surface area contributed by atoms with Gasteiger partial charge in [0.25, 0.3) is 0 Å². The molecule has 1 N–H and O–H groups in total. The van der Waals surface area contributed by atoms with Crippen LogP contribution in [0.25, 0.3) is 21.5 Å². The first-order valence-electron chi connectivity index (χ1n) is 7.64. The van der Waals surface area contributed by atoms with E-state index in [-0.39, 0.29) is 11.3 Å². The van der Waals surface area contributed by atoms with Gasteiger partial charge in [0, 0.05) is 5.39 Å². The molecular weight excluding hydrogens is 300 g/mol. The zero-order valence-electron chi connectivity index (χ0n) is 12.8. The predicted octanol–water partition coefficient (Wildman–Crippen LogP) is 4.92. The second kappa shape index (κ2) is 5.70. The Kier molecular flexibility index (Phi) is 3.39. The van der Waals surface area contributed by atoms with Gasteiger partial charge < -0.3 is 9.84 Å². The minimum atomic E-state index is -0.575. The van der Waals surface area contributed by atoms with Crippen LogP contribution in [0.3, 0.4) is 0 Å². The molecule has 0 unspecified atom stereocenters. The Morgan fingerprint density at radius 3 is 2.21 bits per heavy atom. The maximum atomic E-state index is 12.4. The van der Waals surface area contributed by atoms with E-state index in [1.807, 2.05) is 36.4 Å². The Bertz CT molecular complexity index is 1070. The molecule has 0 saturated heterocycles. The number of fused-ring (bicyclic) bond motifs is 2. The van der Waals surface area contributed by atoms with Gasteiger partial charge in [0.05, 0.1) is 0 Å². The van der Waals surface area contributed by atoms with Crippen LogP contribution in [0, 0.1) is 0 Å². The third-order valence-electron chi connectivity index (χ3n) is 4.03. The fourth-order valence-electron chi connectivity index (χ4n) is 2.83. The van der Waals surface area contributed by atoms with Gasteiger partial charge in [-0.1, -0.05) is 48.5 Å². The molecule has 24 heavy (non-hydrogen) atoms. The number of esters is 1.